The van der Waals surface area contributed by atoms with Crippen LogP contribution in [0.2, 0.25) is 0 Å². The van der Waals surface area contributed by atoms with Crippen LogP contribution in [0, 0.1) is 5.92 Å². The summed E-state index contributed by atoms with van der Waals surface area (Å²) in [5.41, 5.74) is 1.88. The van der Waals surface area contributed by atoms with E-state index in [1.807, 2.05) is 24.3 Å². The number of anilines is 1. The Labute approximate surface area is 198 Å². The maximum Gasteiger partial charge on any atom is 0.225 e. The van der Waals surface area contributed by atoms with Gasteiger partial charge >= 0.3 is 0 Å². The van der Waals surface area contributed by atoms with Gasteiger partial charge in [-0.25, -0.2) is 4.99 Å². The number of guanidine groups is 1. The summed E-state index contributed by atoms with van der Waals surface area (Å²) in [5, 5.41) is 9.73. The first-order valence-corrected chi connectivity index (χ1v) is 10.7. The monoisotopic (exact) mass is 531 g/mol. The van der Waals surface area contributed by atoms with Crippen LogP contribution in [-0.2, 0) is 16.1 Å². The Balaban J connectivity index is 0.00000450. The number of hydrogen-bond donors (Lipinski definition) is 3. The van der Waals surface area contributed by atoms with Crippen LogP contribution < -0.4 is 16.0 Å². The largest absolute Gasteiger partial charge is 0.379 e. The smallest absolute Gasteiger partial charge is 0.225 e. The molecule has 1 aliphatic rings. The molecule has 1 atom stereocenters. The predicted octanol–water partition coefficient (Wildman–Crippen LogP) is 3.07. The highest BCUT2D eigenvalue weighted by molar-refractivity contribution is 14.0. The molecule has 1 fully saturated rings. The van der Waals surface area contributed by atoms with E-state index in [-0.39, 0.29) is 29.9 Å². The lowest BCUT2D eigenvalue weighted by Crippen LogP contribution is -2.44. The molecule has 0 aliphatic carbocycles. The molecule has 2 rings (SSSR count). The van der Waals surface area contributed by atoms with E-state index in [2.05, 4.69) is 53.5 Å². The second-order valence-corrected chi connectivity index (χ2v) is 7.82. The zero-order valence-corrected chi connectivity index (χ0v) is 21.1. The summed E-state index contributed by atoms with van der Waals surface area (Å²) in [4.78, 5) is 19.2. The number of aliphatic imine (C=N–C) groups is 1. The third kappa shape index (κ3) is 10.1. The minimum Gasteiger partial charge on any atom is -0.379 e. The minimum atomic E-state index is 0. The fourth-order valence-corrected chi connectivity index (χ4v) is 2.93. The quantitative estimate of drug-likeness (QED) is 0.260. The van der Waals surface area contributed by atoms with Crippen molar-refractivity contribution >= 4 is 41.5 Å². The number of nitrogens with one attached hydrogen (secondary N) is 3. The molecule has 8 heteroatoms. The van der Waals surface area contributed by atoms with Gasteiger partial charge in [-0.3, -0.25) is 9.69 Å². The normalized spacial score (nSPS) is 16.0. The summed E-state index contributed by atoms with van der Waals surface area (Å²) in [6.07, 6.45) is 0.490. The van der Waals surface area contributed by atoms with E-state index >= 15 is 0 Å². The van der Waals surface area contributed by atoms with E-state index in [0.717, 1.165) is 56.6 Å². The Kier molecular flexibility index (Phi) is 13.0. The third-order valence-corrected chi connectivity index (χ3v) is 5.10. The number of ether oxygens (including phenoxy) is 1. The molecular weight excluding hydrogens is 493 g/mol. The molecular formula is C22H38IN5O2. The maximum absolute atomic E-state index is 12.3. The topological polar surface area (TPSA) is 78.0 Å². The standard InChI is InChI=1S/C22H37N5O2.HI/c1-5-23-22(25-18(4)17(2)3)24-16-19-7-6-8-20(15-19)26-21(28)9-10-27-11-13-29-14-12-27;/h6-8,15,17-18H,5,9-14,16H2,1-4H3,(H,26,28)(H2,23,24,25);1H. The van der Waals surface area contributed by atoms with Crippen molar-refractivity contribution in [3.63, 3.8) is 0 Å². The number of benzene rings is 1. The van der Waals surface area contributed by atoms with Gasteiger partial charge in [0.2, 0.25) is 5.91 Å². The maximum atomic E-state index is 12.3. The van der Waals surface area contributed by atoms with Gasteiger partial charge in [0.1, 0.15) is 0 Å². The average molecular weight is 531 g/mol. The number of carbonyl (C=O) groups is 1. The summed E-state index contributed by atoms with van der Waals surface area (Å²) in [5.74, 6) is 1.38. The summed E-state index contributed by atoms with van der Waals surface area (Å²) < 4.78 is 5.34. The number of morpholine rings is 1. The Morgan fingerprint density at radius 1 is 1.23 bits per heavy atom. The Morgan fingerprint density at radius 2 is 1.97 bits per heavy atom. The zero-order chi connectivity index (χ0) is 21.1. The highest BCUT2D eigenvalue weighted by Crippen LogP contribution is 2.12. The molecule has 0 spiro atoms. The van der Waals surface area contributed by atoms with Crippen molar-refractivity contribution in [2.75, 3.05) is 44.7 Å². The molecule has 1 amide bonds. The van der Waals surface area contributed by atoms with E-state index in [4.69, 9.17) is 4.74 Å². The van der Waals surface area contributed by atoms with Crippen LogP contribution in [0.15, 0.2) is 29.3 Å². The number of nitrogens with zero attached hydrogens (tertiary/aromatic N) is 2. The van der Waals surface area contributed by atoms with Crippen LogP contribution in [0.25, 0.3) is 0 Å². The van der Waals surface area contributed by atoms with Gasteiger partial charge in [-0.15, -0.1) is 24.0 Å². The van der Waals surface area contributed by atoms with Crippen molar-refractivity contribution in [1.29, 1.82) is 0 Å². The molecule has 1 aliphatic heterocycles. The highest BCUT2D eigenvalue weighted by Gasteiger charge is 2.12. The van der Waals surface area contributed by atoms with Crippen LogP contribution in [0.4, 0.5) is 5.69 Å². The highest BCUT2D eigenvalue weighted by atomic mass is 127. The first kappa shape index (κ1) is 26.6. The SMILES string of the molecule is CCNC(=NCc1cccc(NC(=O)CCN2CCOCC2)c1)NC(C)C(C)C.I. The van der Waals surface area contributed by atoms with Crippen LogP contribution >= 0.6 is 24.0 Å². The molecule has 1 unspecified atom stereocenters. The first-order valence-electron chi connectivity index (χ1n) is 10.7. The molecule has 7 nitrogen and oxygen atoms in total. The lowest BCUT2D eigenvalue weighted by molar-refractivity contribution is -0.116. The Bertz CT molecular complexity index is 663. The molecule has 1 saturated heterocycles. The van der Waals surface area contributed by atoms with E-state index in [0.29, 0.717) is 24.9 Å². The summed E-state index contributed by atoms with van der Waals surface area (Å²) in [7, 11) is 0. The predicted molar refractivity (Wildman–Crippen MR) is 135 cm³/mol. The van der Waals surface area contributed by atoms with Gasteiger partial charge in [-0.2, -0.15) is 0 Å². The number of hydrogen-bond acceptors (Lipinski definition) is 4. The molecule has 0 radical (unpaired) electrons. The Hall–Kier alpha value is -1.39. The van der Waals surface area contributed by atoms with Crippen molar-refractivity contribution in [3.8, 4) is 0 Å². The van der Waals surface area contributed by atoms with E-state index in [1.54, 1.807) is 0 Å². The van der Waals surface area contributed by atoms with Gasteiger partial charge in [0.25, 0.3) is 0 Å². The van der Waals surface area contributed by atoms with Crippen molar-refractivity contribution < 1.29 is 9.53 Å². The van der Waals surface area contributed by atoms with Crippen molar-refractivity contribution in [2.45, 2.75) is 46.7 Å². The molecule has 0 saturated carbocycles. The van der Waals surface area contributed by atoms with Gasteiger partial charge in [0.15, 0.2) is 5.96 Å². The van der Waals surface area contributed by atoms with Crippen LogP contribution in [-0.4, -0.2) is 62.2 Å². The molecule has 30 heavy (non-hydrogen) atoms. The van der Waals surface area contributed by atoms with Crippen LogP contribution in [0.5, 0.6) is 0 Å². The van der Waals surface area contributed by atoms with E-state index in [9.17, 15) is 4.79 Å². The van der Waals surface area contributed by atoms with Gasteiger partial charge in [-0.05, 0) is 37.5 Å². The van der Waals surface area contributed by atoms with Crippen LogP contribution in [0.3, 0.4) is 0 Å². The second-order valence-electron chi connectivity index (χ2n) is 7.82. The van der Waals surface area contributed by atoms with Gasteiger partial charge in [-0.1, -0.05) is 26.0 Å². The molecule has 0 bridgehead atoms. The van der Waals surface area contributed by atoms with Gasteiger partial charge < -0.3 is 20.7 Å². The number of amides is 1. The average Bonchev–Trinajstić information content (AvgIpc) is 2.71. The summed E-state index contributed by atoms with van der Waals surface area (Å²) in [6.45, 7) is 14.0. The van der Waals surface area contributed by atoms with E-state index in [1.165, 1.54) is 0 Å². The van der Waals surface area contributed by atoms with Crippen molar-refractivity contribution in [2.24, 2.45) is 10.9 Å². The fourth-order valence-electron chi connectivity index (χ4n) is 2.93. The van der Waals surface area contributed by atoms with Gasteiger partial charge in [0.05, 0.1) is 19.8 Å². The molecule has 1 aromatic carbocycles. The van der Waals surface area contributed by atoms with Crippen molar-refractivity contribution in [3.05, 3.63) is 29.8 Å². The fraction of sp³-hybridized carbons (Fsp3) is 0.636. The van der Waals surface area contributed by atoms with Crippen molar-refractivity contribution in [1.82, 2.24) is 15.5 Å². The number of rotatable bonds is 9. The van der Waals surface area contributed by atoms with E-state index < -0.39 is 0 Å². The minimum absolute atomic E-state index is 0. The van der Waals surface area contributed by atoms with Crippen LogP contribution in [0.1, 0.15) is 39.7 Å². The zero-order valence-electron chi connectivity index (χ0n) is 18.7. The lowest BCUT2D eigenvalue weighted by Gasteiger charge is -2.26. The third-order valence-electron chi connectivity index (χ3n) is 5.10. The lowest BCUT2D eigenvalue weighted by atomic mass is 10.1. The molecule has 1 heterocycles. The van der Waals surface area contributed by atoms with Gasteiger partial charge in [0, 0.05) is 44.3 Å². The number of halogens is 1. The number of carbonyl (C=O) groups excluding carboxylic acids is 1. The second kappa shape index (κ2) is 14.6. The molecule has 3 N–H and O–H groups in total. The Morgan fingerprint density at radius 3 is 2.63 bits per heavy atom. The summed E-state index contributed by atoms with van der Waals surface area (Å²) >= 11 is 0. The molecule has 170 valence electrons. The molecule has 1 aromatic rings. The molecule has 0 aromatic heterocycles. The summed E-state index contributed by atoms with van der Waals surface area (Å²) in [6, 6.07) is 8.24. The first-order chi connectivity index (χ1) is 14.0.